The van der Waals surface area contributed by atoms with Crippen molar-refractivity contribution in [3.63, 3.8) is 0 Å². The lowest BCUT2D eigenvalue weighted by Gasteiger charge is -2.14. The molecule has 106 valence electrons. The number of aromatic nitrogens is 3. The second-order valence-corrected chi connectivity index (χ2v) is 5.56. The van der Waals surface area contributed by atoms with Gasteiger partial charge in [0, 0.05) is 19.4 Å². The monoisotopic (exact) mass is 265 g/mol. The number of hydrogen-bond acceptors (Lipinski definition) is 3. The Morgan fingerprint density at radius 3 is 2.74 bits per heavy atom. The standard InChI is InChI=1S/C14H23N3O2/c1-4-6-12-15-13(17(3)16-12)10-7-9(5-2)8-11(10)14(18)19/h9-11H,4-8H2,1-3H3,(H,18,19). The fourth-order valence-electron chi connectivity index (χ4n) is 3.14. The summed E-state index contributed by atoms with van der Waals surface area (Å²) in [6.45, 7) is 4.23. The van der Waals surface area contributed by atoms with Gasteiger partial charge >= 0.3 is 5.97 Å². The quantitative estimate of drug-likeness (QED) is 0.887. The van der Waals surface area contributed by atoms with Crippen LogP contribution in [0.5, 0.6) is 0 Å². The molecule has 0 amide bonds. The lowest BCUT2D eigenvalue weighted by molar-refractivity contribution is -0.142. The Morgan fingerprint density at radius 1 is 1.42 bits per heavy atom. The van der Waals surface area contributed by atoms with Gasteiger partial charge in [0.15, 0.2) is 5.82 Å². The number of rotatable bonds is 5. The highest BCUT2D eigenvalue weighted by Gasteiger charge is 2.41. The largest absolute Gasteiger partial charge is 0.481 e. The fraction of sp³-hybridized carbons (Fsp3) is 0.786. The normalized spacial score (nSPS) is 26.8. The molecule has 0 aliphatic heterocycles. The van der Waals surface area contributed by atoms with Gasteiger partial charge in [0.25, 0.3) is 0 Å². The van der Waals surface area contributed by atoms with Gasteiger partial charge in [0.2, 0.25) is 0 Å². The van der Waals surface area contributed by atoms with Gasteiger partial charge in [-0.25, -0.2) is 4.98 Å². The minimum Gasteiger partial charge on any atom is -0.481 e. The molecule has 3 atom stereocenters. The minimum absolute atomic E-state index is 0.0190. The summed E-state index contributed by atoms with van der Waals surface area (Å²) in [5.41, 5.74) is 0. The molecule has 1 aromatic rings. The number of hydrogen-bond donors (Lipinski definition) is 1. The van der Waals surface area contributed by atoms with Crippen molar-refractivity contribution in [1.29, 1.82) is 0 Å². The maximum Gasteiger partial charge on any atom is 0.307 e. The first kappa shape index (κ1) is 14.0. The van der Waals surface area contributed by atoms with Crippen LogP contribution in [0.3, 0.4) is 0 Å². The van der Waals surface area contributed by atoms with Gasteiger partial charge in [-0.1, -0.05) is 20.3 Å². The average molecular weight is 265 g/mol. The van der Waals surface area contributed by atoms with E-state index in [2.05, 4.69) is 23.9 Å². The zero-order valence-corrected chi connectivity index (χ0v) is 12.0. The zero-order chi connectivity index (χ0) is 14.0. The number of carboxylic acids is 1. The molecule has 1 aromatic heterocycles. The van der Waals surface area contributed by atoms with E-state index >= 15 is 0 Å². The Hall–Kier alpha value is -1.39. The van der Waals surface area contributed by atoms with Crippen LogP contribution in [-0.2, 0) is 18.3 Å². The van der Waals surface area contributed by atoms with Crippen LogP contribution < -0.4 is 0 Å². The summed E-state index contributed by atoms with van der Waals surface area (Å²) < 4.78 is 1.78. The highest BCUT2D eigenvalue weighted by molar-refractivity contribution is 5.71. The topological polar surface area (TPSA) is 68.0 Å². The average Bonchev–Trinajstić information content (AvgIpc) is 2.93. The van der Waals surface area contributed by atoms with Gasteiger partial charge in [0.1, 0.15) is 5.82 Å². The van der Waals surface area contributed by atoms with Crippen molar-refractivity contribution in [3.05, 3.63) is 11.6 Å². The Morgan fingerprint density at radius 2 is 2.16 bits per heavy atom. The Kier molecular flexibility index (Phi) is 4.22. The van der Waals surface area contributed by atoms with Crippen molar-refractivity contribution in [2.24, 2.45) is 18.9 Å². The van der Waals surface area contributed by atoms with E-state index in [9.17, 15) is 9.90 Å². The van der Waals surface area contributed by atoms with E-state index < -0.39 is 5.97 Å². The predicted octanol–water partition coefficient (Wildman–Crippen LogP) is 2.37. The van der Waals surface area contributed by atoms with Crippen LogP contribution in [0.2, 0.25) is 0 Å². The van der Waals surface area contributed by atoms with Crippen LogP contribution in [0.15, 0.2) is 0 Å². The third-order valence-electron chi connectivity index (χ3n) is 4.20. The van der Waals surface area contributed by atoms with Crippen LogP contribution in [0.25, 0.3) is 0 Å². The molecule has 0 spiro atoms. The van der Waals surface area contributed by atoms with Crippen LogP contribution in [0.1, 0.15) is 57.1 Å². The number of nitrogens with zero attached hydrogens (tertiary/aromatic N) is 3. The van der Waals surface area contributed by atoms with E-state index in [1.54, 1.807) is 4.68 Å². The maximum absolute atomic E-state index is 11.4. The summed E-state index contributed by atoms with van der Waals surface area (Å²) in [5, 5.41) is 13.8. The molecular weight excluding hydrogens is 242 g/mol. The molecule has 2 rings (SSSR count). The molecule has 5 nitrogen and oxygen atoms in total. The molecule has 0 saturated heterocycles. The molecular formula is C14H23N3O2. The lowest BCUT2D eigenvalue weighted by atomic mass is 9.95. The van der Waals surface area contributed by atoms with E-state index in [0.29, 0.717) is 5.92 Å². The summed E-state index contributed by atoms with van der Waals surface area (Å²) >= 11 is 0. The second kappa shape index (κ2) is 5.72. The molecule has 1 aliphatic carbocycles. The van der Waals surface area contributed by atoms with Crippen LogP contribution in [-0.4, -0.2) is 25.8 Å². The first-order valence-electron chi connectivity index (χ1n) is 7.19. The summed E-state index contributed by atoms with van der Waals surface area (Å²) in [5.74, 6) is 1.21. The molecule has 0 radical (unpaired) electrons. The van der Waals surface area contributed by atoms with Gasteiger partial charge in [-0.3, -0.25) is 9.48 Å². The van der Waals surface area contributed by atoms with E-state index in [4.69, 9.17) is 0 Å². The molecule has 1 fully saturated rings. The van der Waals surface area contributed by atoms with Crippen LogP contribution in [0, 0.1) is 11.8 Å². The Labute approximate surface area is 114 Å². The highest BCUT2D eigenvalue weighted by atomic mass is 16.4. The summed E-state index contributed by atoms with van der Waals surface area (Å²) in [7, 11) is 1.87. The summed E-state index contributed by atoms with van der Waals surface area (Å²) in [6, 6.07) is 0. The van der Waals surface area contributed by atoms with Gasteiger partial charge in [-0.15, -0.1) is 0 Å². The smallest absolute Gasteiger partial charge is 0.307 e. The number of carboxylic acid groups (broad SMARTS) is 1. The number of carbonyl (C=O) groups is 1. The van der Waals surface area contributed by atoms with Crippen molar-refractivity contribution in [1.82, 2.24) is 14.8 Å². The minimum atomic E-state index is -0.694. The fourth-order valence-corrected chi connectivity index (χ4v) is 3.14. The van der Waals surface area contributed by atoms with Crippen molar-refractivity contribution < 1.29 is 9.90 Å². The summed E-state index contributed by atoms with van der Waals surface area (Å²) in [6.07, 6.45) is 4.60. The van der Waals surface area contributed by atoms with Crippen molar-refractivity contribution in [2.75, 3.05) is 0 Å². The Balaban J connectivity index is 2.25. The van der Waals surface area contributed by atoms with Gasteiger partial charge in [-0.05, 0) is 25.2 Å². The van der Waals surface area contributed by atoms with Gasteiger partial charge in [-0.2, -0.15) is 5.10 Å². The molecule has 5 heteroatoms. The van der Waals surface area contributed by atoms with E-state index in [1.165, 1.54) is 0 Å². The van der Waals surface area contributed by atoms with E-state index in [1.807, 2.05) is 7.05 Å². The van der Waals surface area contributed by atoms with Gasteiger partial charge in [0.05, 0.1) is 5.92 Å². The molecule has 1 saturated carbocycles. The molecule has 0 bridgehead atoms. The lowest BCUT2D eigenvalue weighted by Crippen LogP contribution is -2.19. The number of aliphatic carboxylic acids is 1. The van der Waals surface area contributed by atoms with E-state index in [0.717, 1.165) is 43.8 Å². The second-order valence-electron chi connectivity index (χ2n) is 5.56. The molecule has 19 heavy (non-hydrogen) atoms. The third-order valence-corrected chi connectivity index (χ3v) is 4.20. The molecule has 1 aliphatic rings. The number of aryl methyl sites for hydroxylation is 2. The highest BCUT2D eigenvalue weighted by Crippen LogP contribution is 2.43. The zero-order valence-electron chi connectivity index (χ0n) is 12.0. The van der Waals surface area contributed by atoms with Crippen molar-refractivity contribution >= 4 is 5.97 Å². The first-order chi connectivity index (χ1) is 9.06. The maximum atomic E-state index is 11.4. The third kappa shape index (κ3) is 2.80. The Bertz CT molecular complexity index is 456. The first-order valence-corrected chi connectivity index (χ1v) is 7.19. The van der Waals surface area contributed by atoms with Gasteiger partial charge < -0.3 is 5.11 Å². The predicted molar refractivity (Wildman–Crippen MR) is 71.9 cm³/mol. The molecule has 3 unspecified atom stereocenters. The molecule has 1 N–H and O–H groups in total. The van der Waals surface area contributed by atoms with E-state index in [-0.39, 0.29) is 11.8 Å². The van der Waals surface area contributed by atoms with Crippen LogP contribution in [0.4, 0.5) is 0 Å². The SMILES string of the molecule is CCCc1nc(C2CC(CC)CC2C(=O)O)n(C)n1. The summed E-state index contributed by atoms with van der Waals surface area (Å²) in [4.78, 5) is 16.0. The molecule has 1 heterocycles. The van der Waals surface area contributed by atoms with Crippen molar-refractivity contribution in [2.45, 2.75) is 51.9 Å². The van der Waals surface area contributed by atoms with Crippen LogP contribution >= 0.6 is 0 Å². The van der Waals surface area contributed by atoms with Crippen molar-refractivity contribution in [3.8, 4) is 0 Å². The molecule has 0 aromatic carbocycles.